The number of carbonyl (C=O) groups is 1. The molecular weight excluding hydrogens is 624 g/mol. The van der Waals surface area contributed by atoms with Crippen LogP contribution >= 0.6 is 34.5 Å². The van der Waals surface area contributed by atoms with Gasteiger partial charge in [-0.2, -0.15) is 0 Å². The zero-order valence-corrected chi connectivity index (χ0v) is 25.3. The molecule has 15 heteroatoms. The predicted molar refractivity (Wildman–Crippen MR) is 161 cm³/mol. The average molecular weight is 649 g/mol. The minimum Gasteiger partial charge on any atom is -0.495 e. The van der Waals surface area contributed by atoms with Crippen molar-refractivity contribution in [3.05, 3.63) is 58.7 Å². The number of carbonyl (C=O) groups excluding carboxylic acids is 1. The molecular formula is C28H24Cl2FN5O6S. The molecule has 5 aromatic rings. The van der Waals surface area contributed by atoms with E-state index in [1.807, 2.05) is 6.07 Å². The lowest BCUT2D eigenvalue weighted by Gasteiger charge is -2.16. The Labute approximate surface area is 258 Å². The molecule has 11 nitrogen and oxygen atoms in total. The third kappa shape index (κ3) is 7.13. The number of hydrogen-bond acceptors (Lipinski definition) is 11. The van der Waals surface area contributed by atoms with Crippen LogP contribution in [0.25, 0.3) is 31.7 Å². The van der Waals surface area contributed by atoms with Gasteiger partial charge in [-0.3, -0.25) is 10.3 Å². The largest absolute Gasteiger partial charge is 0.495 e. The molecule has 0 bridgehead atoms. The van der Waals surface area contributed by atoms with Gasteiger partial charge in [-0.25, -0.2) is 24.1 Å². The molecule has 3 heterocycles. The van der Waals surface area contributed by atoms with E-state index in [1.165, 1.54) is 29.8 Å². The van der Waals surface area contributed by atoms with E-state index in [0.29, 0.717) is 31.6 Å². The third-order valence-electron chi connectivity index (χ3n) is 5.83. The molecule has 0 fully saturated rings. The van der Waals surface area contributed by atoms with Crippen molar-refractivity contribution < 1.29 is 33.2 Å². The Morgan fingerprint density at radius 2 is 1.84 bits per heavy atom. The molecule has 2 atom stereocenters. The fourth-order valence-corrected chi connectivity index (χ4v) is 5.44. The number of aliphatic hydroxyl groups is 1. The Hall–Kier alpha value is -4.04. The van der Waals surface area contributed by atoms with E-state index in [4.69, 9.17) is 42.1 Å². The van der Waals surface area contributed by atoms with Crippen molar-refractivity contribution in [2.45, 2.75) is 26.1 Å². The lowest BCUT2D eigenvalue weighted by molar-refractivity contribution is 0.0969. The number of hydrogen-bond donors (Lipinski definition) is 2. The smallest absolute Gasteiger partial charge is 0.411 e. The molecule has 2 aromatic carbocycles. The number of thiazole rings is 1. The molecule has 0 spiro atoms. The second kappa shape index (κ2) is 13.1. The molecule has 5 rings (SSSR count). The third-order valence-corrected chi connectivity index (χ3v) is 7.43. The number of methoxy groups -OCH3 is 1. The van der Waals surface area contributed by atoms with Gasteiger partial charge in [0, 0.05) is 22.0 Å². The Balaban J connectivity index is 1.27. The van der Waals surface area contributed by atoms with Crippen LogP contribution in [0.15, 0.2) is 42.9 Å². The van der Waals surface area contributed by atoms with Gasteiger partial charge in [0.1, 0.15) is 40.6 Å². The summed E-state index contributed by atoms with van der Waals surface area (Å²) in [4.78, 5) is 29.2. The van der Waals surface area contributed by atoms with Crippen LogP contribution in [0.4, 0.5) is 14.9 Å². The summed E-state index contributed by atoms with van der Waals surface area (Å²) < 4.78 is 37.2. The second-order valence-corrected chi connectivity index (χ2v) is 11.2. The fourth-order valence-electron chi connectivity index (χ4n) is 3.90. The van der Waals surface area contributed by atoms with Crippen LogP contribution in [0.2, 0.25) is 10.0 Å². The first-order chi connectivity index (χ1) is 20.6. The Bertz CT molecular complexity index is 1790. The highest BCUT2D eigenvalue weighted by atomic mass is 35.5. The molecule has 0 aliphatic rings. The average Bonchev–Trinajstić information content (AvgIpc) is 3.41. The van der Waals surface area contributed by atoms with E-state index in [0.717, 1.165) is 5.39 Å². The van der Waals surface area contributed by atoms with Crippen LogP contribution in [-0.2, 0) is 4.74 Å². The van der Waals surface area contributed by atoms with Gasteiger partial charge in [-0.1, -0.05) is 23.2 Å². The van der Waals surface area contributed by atoms with Crippen molar-refractivity contribution in [2.24, 2.45) is 0 Å². The summed E-state index contributed by atoms with van der Waals surface area (Å²) in [6.45, 7) is 3.00. The summed E-state index contributed by atoms with van der Waals surface area (Å²) >= 11 is 14.0. The molecule has 43 heavy (non-hydrogen) atoms. The number of aromatic nitrogens is 4. The minimum atomic E-state index is -0.795. The van der Waals surface area contributed by atoms with Gasteiger partial charge in [0.25, 0.3) is 0 Å². The van der Waals surface area contributed by atoms with Crippen molar-refractivity contribution in [2.75, 3.05) is 25.6 Å². The van der Waals surface area contributed by atoms with Crippen LogP contribution in [0, 0.1) is 5.82 Å². The van der Waals surface area contributed by atoms with Gasteiger partial charge >= 0.3 is 12.1 Å². The van der Waals surface area contributed by atoms with Crippen molar-refractivity contribution in [3.8, 4) is 28.1 Å². The molecule has 0 saturated carbocycles. The second-order valence-electron chi connectivity index (χ2n) is 9.33. The number of aliphatic hydroxyl groups excluding tert-OH is 1. The number of amides is 1. The summed E-state index contributed by atoms with van der Waals surface area (Å²) in [5.41, 5.74) is 1.83. The number of nitrogens with zero attached hydrogens (tertiary/aromatic N) is 4. The number of nitrogens with one attached hydrogen (secondary N) is 1. The van der Waals surface area contributed by atoms with Crippen LogP contribution in [0.1, 0.15) is 13.8 Å². The molecule has 2 N–H and O–H groups in total. The number of rotatable bonds is 10. The summed E-state index contributed by atoms with van der Waals surface area (Å²) in [5, 5.41) is 13.3. The van der Waals surface area contributed by atoms with Crippen LogP contribution in [0.3, 0.4) is 0 Å². The Morgan fingerprint density at radius 1 is 1.07 bits per heavy atom. The van der Waals surface area contributed by atoms with E-state index >= 15 is 4.39 Å². The number of fused-ring (bicyclic) bond motifs is 2. The monoisotopic (exact) mass is 647 g/mol. The van der Waals surface area contributed by atoms with Gasteiger partial charge in [-0.05, 0) is 32.0 Å². The van der Waals surface area contributed by atoms with Gasteiger partial charge in [0.15, 0.2) is 11.6 Å². The van der Waals surface area contributed by atoms with E-state index < -0.39 is 24.1 Å². The standard InChI is InChI=1S/C28H24Cl2FN5O6S/c1-13(37)11-40-27-33-8-17(9-34-27)35-28(38)41-12-14(2)42-20-7-21-25(22(30)23(20)31)36-26(43-21)19-6-16(29)4-15-5-18(39-3)10-32-24(15)19/h4-10,13-14,37H,11-12H2,1-3H3,(H,35,38)/t13-,14+/m1/s1. The molecule has 0 aliphatic carbocycles. The summed E-state index contributed by atoms with van der Waals surface area (Å²) in [6.07, 6.45) is 2.03. The minimum absolute atomic E-state index is 0.0299. The van der Waals surface area contributed by atoms with E-state index in [9.17, 15) is 9.90 Å². The summed E-state index contributed by atoms with van der Waals surface area (Å²) in [6, 6.07) is 6.86. The molecule has 0 aliphatic heterocycles. The van der Waals surface area contributed by atoms with Crippen molar-refractivity contribution >= 4 is 67.4 Å². The molecule has 0 unspecified atom stereocenters. The lowest BCUT2D eigenvalue weighted by atomic mass is 10.1. The first-order valence-corrected chi connectivity index (χ1v) is 14.3. The molecule has 3 aromatic heterocycles. The Kier molecular flexibility index (Phi) is 9.25. The number of anilines is 1. The van der Waals surface area contributed by atoms with Gasteiger partial charge in [-0.15, -0.1) is 11.3 Å². The highest BCUT2D eigenvalue weighted by Crippen LogP contribution is 2.41. The van der Waals surface area contributed by atoms with E-state index in [2.05, 4.69) is 25.3 Å². The highest BCUT2D eigenvalue weighted by molar-refractivity contribution is 7.21. The van der Waals surface area contributed by atoms with Crippen molar-refractivity contribution in [3.63, 3.8) is 0 Å². The first-order valence-electron chi connectivity index (χ1n) is 12.8. The summed E-state index contributed by atoms with van der Waals surface area (Å²) in [7, 11) is 1.55. The fraction of sp³-hybridized carbons (Fsp3) is 0.250. The normalized spacial score (nSPS) is 12.6. The van der Waals surface area contributed by atoms with E-state index in [-0.39, 0.29) is 41.2 Å². The quantitative estimate of drug-likeness (QED) is 0.172. The Morgan fingerprint density at radius 3 is 2.56 bits per heavy atom. The van der Waals surface area contributed by atoms with Gasteiger partial charge in [0.2, 0.25) is 0 Å². The summed E-state index contributed by atoms with van der Waals surface area (Å²) in [5.74, 6) is -0.337. The molecule has 1 amide bonds. The zero-order valence-electron chi connectivity index (χ0n) is 22.9. The van der Waals surface area contributed by atoms with Crippen LogP contribution in [0.5, 0.6) is 17.5 Å². The maximum atomic E-state index is 15.2. The number of pyridine rings is 1. The number of halogens is 3. The molecule has 224 valence electrons. The number of ether oxygens (including phenoxy) is 4. The zero-order chi connectivity index (χ0) is 30.7. The topological polar surface area (TPSA) is 138 Å². The molecule has 0 saturated heterocycles. The van der Waals surface area contributed by atoms with Crippen molar-refractivity contribution in [1.82, 2.24) is 19.9 Å². The predicted octanol–water partition coefficient (Wildman–Crippen LogP) is 6.53. The highest BCUT2D eigenvalue weighted by Gasteiger charge is 2.21. The number of benzene rings is 2. The lowest BCUT2D eigenvalue weighted by Crippen LogP contribution is -2.24. The molecule has 0 radical (unpaired) electrons. The maximum Gasteiger partial charge on any atom is 0.411 e. The van der Waals surface area contributed by atoms with Crippen molar-refractivity contribution in [1.29, 1.82) is 0 Å². The van der Waals surface area contributed by atoms with Gasteiger partial charge in [0.05, 0.1) is 47.7 Å². The van der Waals surface area contributed by atoms with Crippen LogP contribution in [-0.4, -0.2) is 63.7 Å². The van der Waals surface area contributed by atoms with Gasteiger partial charge < -0.3 is 24.1 Å². The van der Waals surface area contributed by atoms with Crippen LogP contribution < -0.4 is 19.5 Å². The maximum absolute atomic E-state index is 15.2. The first kappa shape index (κ1) is 30.4. The van der Waals surface area contributed by atoms with E-state index in [1.54, 1.807) is 39.3 Å². The SMILES string of the molecule is COc1cnc2c(-c3nc4c(Cl)c(F)c(O[C@@H](C)COC(=O)Nc5cnc(OC[C@@H](C)O)nc5)cc4s3)cc(Cl)cc2c1.